The third-order valence-corrected chi connectivity index (χ3v) is 6.48. The second kappa shape index (κ2) is 8.64. The maximum atomic E-state index is 13.4. The molecule has 0 N–H and O–H groups in total. The Morgan fingerprint density at radius 3 is 2.58 bits per heavy atom. The fraction of sp³-hybridized carbons (Fsp3) is 0.174. The average Bonchev–Trinajstić information content (AvgIpc) is 3.07. The van der Waals surface area contributed by atoms with Crippen LogP contribution in [-0.2, 0) is 9.53 Å². The molecule has 0 saturated carbocycles. The minimum absolute atomic E-state index is 0.210. The lowest BCUT2D eigenvalue weighted by Crippen LogP contribution is -2.39. The van der Waals surface area contributed by atoms with Crippen molar-refractivity contribution in [3.63, 3.8) is 0 Å². The van der Waals surface area contributed by atoms with E-state index in [-0.39, 0.29) is 5.56 Å². The third-order valence-electron chi connectivity index (χ3n) is 5.00. The van der Waals surface area contributed by atoms with Gasteiger partial charge in [0.1, 0.15) is 5.75 Å². The van der Waals surface area contributed by atoms with E-state index in [1.807, 2.05) is 42.5 Å². The summed E-state index contributed by atoms with van der Waals surface area (Å²) in [5.74, 6) is 0.175. The van der Waals surface area contributed by atoms with E-state index >= 15 is 0 Å². The molecule has 158 valence electrons. The highest BCUT2D eigenvalue weighted by Gasteiger charge is 2.33. The molecule has 1 aliphatic heterocycles. The monoisotopic (exact) mass is 498 g/mol. The van der Waals surface area contributed by atoms with Crippen LogP contribution >= 0.6 is 27.3 Å². The quantitative estimate of drug-likeness (QED) is 0.518. The molecule has 1 aliphatic rings. The number of allylic oxidation sites excluding steroid dienone is 1. The molecule has 0 aliphatic carbocycles. The molecule has 2 aromatic carbocycles. The van der Waals surface area contributed by atoms with Crippen molar-refractivity contribution >= 4 is 39.3 Å². The molecule has 3 aromatic rings. The number of fused-ring (bicyclic) bond motifs is 1. The zero-order valence-corrected chi connectivity index (χ0v) is 19.5. The van der Waals surface area contributed by atoms with E-state index in [0.717, 1.165) is 15.6 Å². The molecule has 31 heavy (non-hydrogen) atoms. The fourth-order valence-corrected chi connectivity index (χ4v) is 5.01. The molecule has 8 heteroatoms. The first kappa shape index (κ1) is 21.3. The molecule has 1 aromatic heterocycles. The lowest BCUT2D eigenvalue weighted by Gasteiger charge is -2.24. The van der Waals surface area contributed by atoms with Crippen LogP contribution in [0.1, 0.15) is 24.1 Å². The summed E-state index contributed by atoms with van der Waals surface area (Å²) in [5.41, 5.74) is 2.32. The number of benzene rings is 2. The molecular weight excluding hydrogens is 480 g/mol. The Morgan fingerprint density at radius 2 is 1.94 bits per heavy atom. The smallest absolute Gasteiger partial charge is 0.338 e. The predicted molar refractivity (Wildman–Crippen MR) is 123 cm³/mol. The fourth-order valence-electron chi connectivity index (χ4n) is 3.54. The molecule has 0 spiro atoms. The van der Waals surface area contributed by atoms with Gasteiger partial charge in [0.05, 0.1) is 36.1 Å². The number of carbonyl (C=O) groups excluding carboxylic acids is 1. The SMILES string of the molecule is COC(=O)C1=C(C)N=c2s/c(=C/c3cccc(Br)c3)c(=O)n2C1c1ccc(OC)cc1. The summed E-state index contributed by atoms with van der Waals surface area (Å²) in [6, 6.07) is 14.3. The Bertz CT molecular complexity index is 1370. The van der Waals surface area contributed by atoms with E-state index < -0.39 is 12.0 Å². The van der Waals surface area contributed by atoms with Gasteiger partial charge in [-0.3, -0.25) is 9.36 Å². The molecule has 1 unspecified atom stereocenters. The van der Waals surface area contributed by atoms with E-state index in [0.29, 0.717) is 26.4 Å². The van der Waals surface area contributed by atoms with Crippen LogP contribution in [0.25, 0.3) is 6.08 Å². The van der Waals surface area contributed by atoms with E-state index in [1.54, 1.807) is 30.7 Å². The summed E-state index contributed by atoms with van der Waals surface area (Å²) in [7, 11) is 2.91. The zero-order chi connectivity index (χ0) is 22.1. The number of thiazole rings is 1. The Balaban J connectivity index is 1.96. The standard InChI is InChI=1S/C23H19BrN2O4S/c1-13-19(22(28)30-3)20(15-7-9-17(29-2)10-8-15)26-21(27)18(31-23(26)25-13)12-14-5-4-6-16(24)11-14/h4-12,20H,1-3H3/b18-12+. The number of esters is 1. The Morgan fingerprint density at radius 1 is 1.19 bits per heavy atom. The lowest BCUT2D eigenvalue weighted by molar-refractivity contribution is -0.136. The van der Waals surface area contributed by atoms with Crippen LogP contribution in [0.5, 0.6) is 5.75 Å². The minimum Gasteiger partial charge on any atom is -0.497 e. The van der Waals surface area contributed by atoms with Crippen LogP contribution in [0, 0.1) is 0 Å². The second-order valence-electron chi connectivity index (χ2n) is 6.90. The van der Waals surface area contributed by atoms with Crippen molar-refractivity contribution in [2.45, 2.75) is 13.0 Å². The first-order valence-corrected chi connectivity index (χ1v) is 11.0. The van der Waals surface area contributed by atoms with Gasteiger partial charge in [0.2, 0.25) is 0 Å². The van der Waals surface area contributed by atoms with Crippen LogP contribution in [0.3, 0.4) is 0 Å². The van der Waals surface area contributed by atoms with Gasteiger partial charge < -0.3 is 9.47 Å². The number of methoxy groups -OCH3 is 2. The number of ether oxygens (including phenoxy) is 2. The number of halogens is 1. The van der Waals surface area contributed by atoms with Gasteiger partial charge in [-0.25, -0.2) is 9.79 Å². The second-order valence-corrected chi connectivity index (χ2v) is 8.83. The first-order chi connectivity index (χ1) is 14.9. The molecule has 0 radical (unpaired) electrons. The molecule has 4 rings (SSSR count). The Kier molecular flexibility index (Phi) is 5.93. The van der Waals surface area contributed by atoms with Crippen molar-refractivity contribution in [3.05, 3.63) is 95.1 Å². The molecule has 0 fully saturated rings. The van der Waals surface area contributed by atoms with Gasteiger partial charge in [0.15, 0.2) is 4.80 Å². The highest BCUT2D eigenvalue weighted by molar-refractivity contribution is 9.10. The number of hydrogen-bond acceptors (Lipinski definition) is 6. The van der Waals surface area contributed by atoms with Gasteiger partial charge in [-0.2, -0.15) is 0 Å². The Labute approximate surface area is 190 Å². The zero-order valence-electron chi connectivity index (χ0n) is 17.1. The van der Waals surface area contributed by atoms with Gasteiger partial charge in [0, 0.05) is 4.47 Å². The van der Waals surface area contributed by atoms with Crippen molar-refractivity contribution in [1.82, 2.24) is 4.57 Å². The van der Waals surface area contributed by atoms with E-state index in [9.17, 15) is 9.59 Å². The van der Waals surface area contributed by atoms with Crippen molar-refractivity contribution in [1.29, 1.82) is 0 Å². The van der Waals surface area contributed by atoms with Crippen LogP contribution in [0.2, 0.25) is 0 Å². The predicted octanol–water partition coefficient (Wildman–Crippen LogP) is 3.18. The summed E-state index contributed by atoms with van der Waals surface area (Å²) in [6.07, 6.45) is 1.83. The summed E-state index contributed by atoms with van der Waals surface area (Å²) in [4.78, 5) is 31.2. The number of carbonyl (C=O) groups is 1. The minimum atomic E-state index is -0.640. The van der Waals surface area contributed by atoms with Crippen LogP contribution in [0.15, 0.2) is 74.1 Å². The molecule has 6 nitrogen and oxygen atoms in total. The summed E-state index contributed by atoms with van der Waals surface area (Å²) < 4.78 is 13.3. The first-order valence-electron chi connectivity index (χ1n) is 9.43. The summed E-state index contributed by atoms with van der Waals surface area (Å²) in [5, 5.41) is 0. The molecule has 0 amide bonds. The van der Waals surface area contributed by atoms with Crippen molar-refractivity contribution in [3.8, 4) is 5.75 Å². The largest absolute Gasteiger partial charge is 0.497 e. The molecule has 0 bridgehead atoms. The maximum absolute atomic E-state index is 13.4. The van der Waals surface area contributed by atoms with Gasteiger partial charge in [-0.15, -0.1) is 0 Å². The highest BCUT2D eigenvalue weighted by atomic mass is 79.9. The van der Waals surface area contributed by atoms with Crippen molar-refractivity contribution < 1.29 is 14.3 Å². The third kappa shape index (κ3) is 4.00. The lowest BCUT2D eigenvalue weighted by atomic mass is 9.96. The van der Waals surface area contributed by atoms with Gasteiger partial charge in [-0.05, 0) is 48.4 Å². The van der Waals surface area contributed by atoms with E-state index in [1.165, 1.54) is 18.4 Å². The average molecular weight is 499 g/mol. The number of rotatable bonds is 4. The molecule has 1 atom stereocenters. The highest BCUT2D eigenvalue weighted by Crippen LogP contribution is 2.31. The topological polar surface area (TPSA) is 69.9 Å². The van der Waals surface area contributed by atoms with Gasteiger partial charge in [0.25, 0.3) is 5.56 Å². The van der Waals surface area contributed by atoms with E-state index in [2.05, 4.69) is 20.9 Å². The van der Waals surface area contributed by atoms with Crippen LogP contribution < -0.4 is 19.6 Å². The molecular formula is C23H19BrN2O4S. The van der Waals surface area contributed by atoms with Crippen molar-refractivity contribution in [2.24, 2.45) is 4.99 Å². The summed E-state index contributed by atoms with van der Waals surface area (Å²) >= 11 is 4.75. The maximum Gasteiger partial charge on any atom is 0.338 e. The van der Waals surface area contributed by atoms with Gasteiger partial charge in [-0.1, -0.05) is 51.5 Å². The van der Waals surface area contributed by atoms with Crippen molar-refractivity contribution in [2.75, 3.05) is 14.2 Å². The van der Waals surface area contributed by atoms with E-state index in [4.69, 9.17) is 9.47 Å². The number of nitrogens with zero attached hydrogens (tertiary/aromatic N) is 2. The normalized spacial score (nSPS) is 16.0. The molecule has 0 saturated heterocycles. The van der Waals surface area contributed by atoms with Crippen LogP contribution in [0.4, 0.5) is 0 Å². The number of aromatic nitrogens is 1. The number of hydrogen-bond donors (Lipinski definition) is 0. The Hall–Kier alpha value is -2.97. The summed E-state index contributed by atoms with van der Waals surface area (Å²) in [6.45, 7) is 1.76. The molecule has 2 heterocycles. The van der Waals surface area contributed by atoms with Gasteiger partial charge >= 0.3 is 5.97 Å². The van der Waals surface area contributed by atoms with Crippen LogP contribution in [-0.4, -0.2) is 24.8 Å².